The number of hydrogen-bond acceptors (Lipinski definition) is 6. The number of nitrogens with zero attached hydrogens (tertiary/aromatic N) is 3. The van der Waals surface area contributed by atoms with Gasteiger partial charge in [0.1, 0.15) is 11.2 Å². The van der Waals surface area contributed by atoms with Crippen LogP contribution in [-0.4, -0.2) is 35.3 Å². The van der Waals surface area contributed by atoms with Gasteiger partial charge in [-0.1, -0.05) is 24.3 Å². The predicted molar refractivity (Wildman–Crippen MR) is 115 cm³/mol. The largest absolute Gasteiger partial charge is 0.367 e. The molecule has 0 aliphatic rings. The van der Waals surface area contributed by atoms with Crippen molar-refractivity contribution in [2.75, 3.05) is 11.6 Å². The van der Waals surface area contributed by atoms with Crippen LogP contribution in [0.25, 0.3) is 22.2 Å². The monoisotopic (exact) mass is 415 g/mol. The average Bonchev–Trinajstić information content (AvgIpc) is 2.62. The Balaban J connectivity index is 2.06. The van der Waals surface area contributed by atoms with Gasteiger partial charge in [0, 0.05) is 24.7 Å². The van der Waals surface area contributed by atoms with Crippen LogP contribution in [0.3, 0.4) is 0 Å². The number of sulfonamides is 1. The van der Waals surface area contributed by atoms with E-state index in [4.69, 9.17) is 0 Å². The molecular formula is C20H25N5O3S. The number of anilines is 1. The van der Waals surface area contributed by atoms with Crippen LogP contribution in [-0.2, 0) is 17.1 Å². The molecule has 154 valence electrons. The molecule has 2 heterocycles. The van der Waals surface area contributed by atoms with E-state index >= 15 is 0 Å². The third kappa shape index (κ3) is 4.80. The zero-order valence-electron chi connectivity index (χ0n) is 17.1. The van der Waals surface area contributed by atoms with Crippen molar-refractivity contribution in [3.05, 3.63) is 52.6 Å². The molecule has 29 heavy (non-hydrogen) atoms. The number of hydrogen-bond donors (Lipinski definition) is 2. The van der Waals surface area contributed by atoms with Gasteiger partial charge in [-0.15, -0.1) is 0 Å². The second-order valence-corrected chi connectivity index (χ2v) is 9.22. The van der Waals surface area contributed by atoms with Crippen LogP contribution in [0.15, 0.2) is 41.5 Å². The fraction of sp³-hybridized carbons (Fsp3) is 0.350. The second kappa shape index (κ2) is 7.92. The predicted octanol–water partition coefficient (Wildman–Crippen LogP) is 2.43. The third-order valence-corrected chi connectivity index (χ3v) is 5.21. The summed E-state index contributed by atoms with van der Waals surface area (Å²) in [6.45, 7) is 5.74. The van der Waals surface area contributed by atoms with Gasteiger partial charge in [-0.2, -0.15) is 0 Å². The third-order valence-electron chi connectivity index (χ3n) is 4.43. The van der Waals surface area contributed by atoms with Crippen molar-refractivity contribution >= 4 is 26.7 Å². The molecule has 0 fully saturated rings. The number of nitrogens with one attached hydrogen (secondary N) is 2. The molecule has 2 aromatic heterocycles. The lowest BCUT2D eigenvalue weighted by Crippen LogP contribution is -2.25. The maximum absolute atomic E-state index is 12.6. The number of benzene rings is 1. The van der Waals surface area contributed by atoms with Crippen molar-refractivity contribution < 1.29 is 8.42 Å². The molecule has 0 aliphatic carbocycles. The van der Waals surface area contributed by atoms with Gasteiger partial charge in [0.15, 0.2) is 0 Å². The normalized spacial score (nSPS) is 13.0. The molecule has 0 aliphatic heterocycles. The lowest BCUT2D eigenvalue weighted by atomic mass is 10.0. The highest BCUT2D eigenvalue weighted by Crippen LogP contribution is 2.26. The zero-order chi connectivity index (χ0) is 21.3. The second-order valence-electron chi connectivity index (χ2n) is 7.44. The van der Waals surface area contributed by atoms with Gasteiger partial charge < -0.3 is 9.88 Å². The van der Waals surface area contributed by atoms with E-state index < -0.39 is 10.0 Å². The number of rotatable bonds is 6. The van der Waals surface area contributed by atoms with Crippen LogP contribution in [0.4, 0.5) is 5.82 Å². The molecule has 3 rings (SSSR count). The minimum absolute atomic E-state index is 0.0937. The highest BCUT2D eigenvalue weighted by atomic mass is 32.2. The van der Waals surface area contributed by atoms with Crippen molar-refractivity contribution in [1.29, 1.82) is 0 Å². The number of pyridine rings is 1. The smallest absolute Gasteiger partial charge is 0.264 e. The highest BCUT2D eigenvalue weighted by molar-refractivity contribution is 7.88. The maximum Gasteiger partial charge on any atom is 0.264 e. The summed E-state index contributed by atoms with van der Waals surface area (Å²) >= 11 is 0. The molecule has 2 N–H and O–H groups in total. The Bertz CT molecular complexity index is 1200. The molecule has 0 spiro atoms. The molecule has 1 atom stereocenters. The topological polar surface area (TPSA) is 106 Å². The summed E-state index contributed by atoms with van der Waals surface area (Å²) in [7, 11) is -1.63. The Morgan fingerprint density at radius 2 is 1.76 bits per heavy atom. The van der Waals surface area contributed by atoms with Crippen molar-refractivity contribution in [2.24, 2.45) is 7.05 Å². The van der Waals surface area contributed by atoms with Crippen molar-refractivity contribution in [2.45, 2.75) is 32.9 Å². The van der Waals surface area contributed by atoms with E-state index in [2.05, 4.69) is 20.0 Å². The molecule has 1 aromatic carbocycles. The molecule has 8 nitrogen and oxygen atoms in total. The summed E-state index contributed by atoms with van der Waals surface area (Å²) in [6.07, 6.45) is 2.63. The fourth-order valence-corrected chi connectivity index (χ4v) is 3.86. The Hall–Kier alpha value is -2.78. The van der Waals surface area contributed by atoms with Crippen molar-refractivity contribution in [3.63, 3.8) is 0 Å². The van der Waals surface area contributed by atoms with E-state index in [1.54, 1.807) is 20.0 Å². The minimum atomic E-state index is -3.29. The molecule has 9 heteroatoms. The van der Waals surface area contributed by atoms with Crippen LogP contribution in [0.1, 0.15) is 32.4 Å². The standard InChI is InChI=1S/C20H25N5O3S/c1-12(2)22-19-18-17(21-11-25(4)20(18)26)10-16(23-19)15-8-6-14(7-9-15)13(3)24-29(5,27)28/h6-13,24H,1-5H3,(H,22,23). The highest BCUT2D eigenvalue weighted by Gasteiger charge is 2.15. The first kappa shape index (κ1) is 20.9. The van der Waals surface area contributed by atoms with Crippen molar-refractivity contribution in [1.82, 2.24) is 19.3 Å². The van der Waals surface area contributed by atoms with E-state index in [0.717, 1.165) is 17.4 Å². The fourth-order valence-electron chi connectivity index (χ4n) is 3.08. The first-order valence-corrected chi connectivity index (χ1v) is 11.1. The molecule has 3 aromatic rings. The first-order valence-electron chi connectivity index (χ1n) is 9.25. The Labute approximate surface area is 170 Å². The molecule has 1 unspecified atom stereocenters. The van der Waals surface area contributed by atoms with E-state index in [1.165, 1.54) is 10.9 Å². The Morgan fingerprint density at radius 3 is 2.34 bits per heavy atom. The molecule has 0 saturated carbocycles. The van der Waals surface area contributed by atoms with Crippen LogP contribution < -0.4 is 15.6 Å². The lowest BCUT2D eigenvalue weighted by Gasteiger charge is -2.15. The van der Waals surface area contributed by atoms with Gasteiger partial charge >= 0.3 is 0 Å². The van der Waals surface area contributed by atoms with Crippen molar-refractivity contribution in [3.8, 4) is 11.3 Å². The molecule has 0 amide bonds. The summed E-state index contributed by atoms with van der Waals surface area (Å²) in [5.74, 6) is 0.498. The maximum atomic E-state index is 12.6. The van der Waals surface area contributed by atoms with E-state index in [-0.39, 0.29) is 17.6 Å². The van der Waals surface area contributed by atoms with Crippen LogP contribution in [0.2, 0.25) is 0 Å². The van der Waals surface area contributed by atoms with Gasteiger partial charge in [0.25, 0.3) is 5.56 Å². The number of fused-ring (bicyclic) bond motifs is 1. The minimum Gasteiger partial charge on any atom is -0.367 e. The van der Waals surface area contributed by atoms with Gasteiger partial charge in [0.05, 0.1) is 23.8 Å². The van der Waals surface area contributed by atoms with Gasteiger partial charge in [-0.25, -0.2) is 23.1 Å². The van der Waals surface area contributed by atoms with Crippen LogP contribution >= 0.6 is 0 Å². The molecule has 0 radical (unpaired) electrons. The summed E-state index contributed by atoms with van der Waals surface area (Å²) in [5.41, 5.74) is 2.77. The van der Waals surface area contributed by atoms with Gasteiger partial charge in [-0.05, 0) is 32.4 Å². The van der Waals surface area contributed by atoms with Crippen LogP contribution in [0, 0.1) is 0 Å². The summed E-state index contributed by atoms with van der Waals surface area (Å²) in [5, 5.41) is 3.69. The summed E-state index contributed by atoms with van der Waals surface area (Å²) < 4.78 is 26.9. The van der Waals surface area contributed by atoms with Gasteiger partial charge in [0.2, 0.25) is 10.0 Å². The zero-order valence-corrected chi connectivity index (χ0v) is 17.9. The molecular weight excluding hydrogens is 390 g/mol. The molecule has 0 saturated heterocycles. The SMILES string of the molecule is CC(C)Nc1nc(-c2ccc(C(C)NS(C)(=O)=O)cc2)cc2ncn(C)c(=O)c12. The average molecular weight is 416 g/mol. The Kier molecular flexibility index (Phi) is 5.72. The number of aryl methyl sites for hydroxylation is 1. The Morgan fingerprint density at radius 1 is 1.10 bits per heavy atom. The summed E-state index contributed by atoms with van der Waals surface area (Å²) in [6, 6.07) is 9.01. The first-order chi connectivity index (χ1) is 13.5. The lowest BCUT2D eigenvalue weighted by molar-refractivity contribution is 0.573. The number of aromatic nitrogens is 3. The van der Waals surface area contributed by atoms with E-state index in [0.29, 0.717) is 22.4 Å². The molecule has 0 bridgehead atoms. The van der Waals surface area contributed by atoms with E-state index in [1.807, 2.05) is 38.1 Å². The van der Waals surface area contributed by atoms with E-state index in [9.17, 15) is 13.2 Å². The summed E-state index contributed by atoms with van der Waals surface area (Å²) in [4.78, 5) is 21.7. The van der Waals surface area contributed by atoms with Gasteiger partial charge in [-0.3, -0.25) is 4.79 Å². The quantitative estimate of drug-likeness (QED) is 0.640. The van der Waals surface area contributed by atoms with Crippen LogP contribution in [0.5, 0.6) is 0 Å².